The van der Waals surface area contributed by atoms with Gasteiger partial charge in [-0.2, -0.15) is 0 Å². The fourth-order valence-corrected chi connectivity index (χ4v) is 0.768. The summed E-state index contributed by atoms with van der Waals surface area (Å²) in [5.41, 5.74) is 0. The molecule has 1 heterocycles. The molecule has 0 amide bonds. The maximum atomic E-state index is 9.55. The second kappa shape index (κ2) is 7.30. The van der Waals surface area contributed by atoms with Crippen LogP contribution in [0.4, 0.5) is 0 Å². The van der Waals surface area contributed by atoms with Crippen LogP contribution in [0.15, 0.2) is 12.2 Å². The first-order valence-electron chi connectivity index (χ1n) is 3.97. The molecule has 0 aromatic rings. The third-order valence-corrected chi connectivity index (χ3v) is 1.33. The Morgan fingerprint density at radius 3 is 1.54 bits per heavy atom. The average Bonchev–Trinajstić information content (AvgIpc) is 2.57. The largest absolute Gasteiger partial charge is 0.478 e. The highest BCUT2D eigenvalue weighted by Gasteiger charge is 1.93. The van der Waals surface area contributed by atoms with Crippen LogP contribution in [0.25, 0.3) is 0 Å². The lowest BCUT2D eigenvalue weighted by Gasteiger charge is -1.76. The molecule has 5 heteroatoms. The molecule has 1 fully saturated rings. The molecule has 74 valence electrons. The summed E-state index contributed by atoms with van der Waals surface area (Å²) in [6.07, 6.45) is 3.89. The Kier molecular flexibility index (Phi) is 6.53. The molecular weight excluding hydrogens is 174 g/mol. The van der Waals surface area contributed by atoms with Gasteiger partial charge in [0.1, 0.15) is 0 Å². The molecule has 0 spiro atoms. The van der Waals surface area contributed by atoms with Crippen molar-refractivity contribution < 1.29 is 19.8 Å². The van der Waals surface area contributed by atoms with E-state index in [0.717, 1.165) is 0 Å². The van der Waals surface area contributed by atoms with Gasteiger partial charge in [0.15, 0.2) is 0 Å². The zero-order valence-electron chi connectivity index (χ0n) is 7.19. The summed E-state index contributed by atoms with van der Waals surface area (Å²) in [6, 6.07) is 0. The molecule has 0 atom stereocenters. The van der Waals surface area contributed by atoms with E-state index in [1.807, 2.05) is 0 Å². The molecule has 0 unspecified atom stereocenters. The third-order valence-electron chi connectivity index (χ3n) is 1.33. The highest BCUT2D eigenvalue weighted by molar-refractivity contribution is 5.89. The highest BCUT2D eigenvalue weighted by Crippen LogP contribution is 1.90. The number of rotatable bonds is 2. The van der Waals surface area contributed by atoms with Crippen molar-refractivity contribution in [3.05, 3.63) is 12.2 Å². The molecule has 1 rings (SSSR count). The van der Waals surface area contributed by atoms with Gasteiger partial charge >= 0.3 is 11.9 Å². The topological polar surface area (TPSA) is 86.6 Å². The van der Waals surface area contributed by atoms with E-state index >= 15 is 0 Å². The fraction of sp³-hybridized carbons (Fsp3) is 0.500. The van der Waals surface area contributed by atoms with Gasteiger partial charge in [-0.05, 0) is 25.9 Å². The lowest BCUT2D eigenvalue weighted by Crippen LogP contribution is -2.03. The minimum Gasteiger partial charge on any atom is -0.478 e. The number of carboxylic acid groups (broad SMARTS) is 2. The summed E-state index contributed by atoms with van der Waals surface area (Å²) in [5, 5.41) is 18.8. The van der Waals surface area contributed by atoms with Gasteiger partial charge in [-0.25, -0.2) is 9.59 Å². The second-order valence-electron chi connectivity index (χ2n) is 2.47. The van der Waals surface area contributed by atoms with Crippen molar-refractivity contribution in [2.24, 2.45) is 0 Å². The van der Waals surface area contributed by atoms with Gasteiger partial charge in [-0.3, -0.25) is 0 Å². The highest BCUT2D eigenvalue weighted by atomic mass is 16.4. The Bertz CT molecular complexity index is 173. The fourth-order valence-electron chi connectivity index (χ4n) is 0.768. The van der Waals surface area contributed by atoms with Crippen molar-refractivity contribution >= 4 is 11.9 Å². The lowest BCUT2D eigenvalue weighted by molar-refractivity contribution is -0.134. The van der Waals surface area contributed by atoms with Gasteiger partial charge in [-0.15, -0.1) is 0 Å². The normalized spacial score (nSPS) is 15.1. The van der Waals surface area contributed by atoms with Crippen molar-refractivity contribution in [3.8, 4) is 0 Å². The molecule has 0 aromatic heterocycles. The number of carbonyl (C=O) groups is 2. The van der Waals surface area contributed by atoms with E-state index in [-0.39, 0.29) is 0 Å². The van der Waals surface area contributed by atoms with Gasteiger partial charge in [0.25, 0.3) is 0 Å². The van der Waals surface area contributed by atoms with Gasteiger partial charge in [0.2, 0.25) is 0 Å². The predicted octanol–water partition coefficient (Wildman–Crippen LogP) is 0.0816. The average molecular weight is 187 g/mol. The first-order valence-corrected chi connectivity index (χ1v) is 3.97. The van der Waals surface area contributed by atoms with Crippen LogP contribution in [0.3, 0.4) is 0 Å². The van der Waals surface area contributed by atoms with E-state index in [1.54, 1.807) is 0 Å². The third kappa shape index (κ3) is 10.6. The summed E-state index contributed by atoms with van der Waals surface area (Å²) >= 11 is 0. The summed E-state index contributed by atoms with van der Waals surface area (Å²) in [4.78, 5) is 19.1. The molecule has 1 aliphatic rings. The molecule has 0 radical (unpaired) electrons. The van der Waals surface area contributed by atoms with Gasteiger partial charge in [0, 0.05) is 12.2 Å². The standard InChI is InChI=1S/C4H9N.C4H4O4/c1-2-4-5-3-1;5-3(6)1-2-4(7)8/h5H,1-4H2;1-2H,(H,5,6)(H,7,8). The van der Waals surface area contributed by atoms with E-state index in [9.17, 15) is 9.59 Å². The first kappa shape index (κ1) is 11.6. The molecule has 1 aliphatic heterocycles. The maximum absolute atomic E-state index is 9.55. The van der Waals surface area contributed by atoms with E-state index in [4.69, 9.17) is 10.2 Å². The first-order chi connectivity index (χ1) is 6.13. The van der Waals surface area contributed by atoms with E-state index in [2.05, 4.69) is 5.32 Å². The van der Waals surface area contributed by atoms with Gasteiger partial charge < -0.3 is 15.5 Å². The Balaban J connectivity index is 0.000000243. The number of hydrogen-bond acceptors (Lipinski definition) is 3. The van der Waals surface area contributed by atoms with Crippen LogP contribution in [0.2, 0.25) is 0 Å². The monoisotopic (exact) mass is 187 g/mol. The van der Waals surface area contributed by atoms with Crippen LogP contribution < -0.4 is 5.32 Å². The van der Waals surface area contributed by atoms with Gasteiger partial charge in [0.05, 0.1) is 0 Å². The SMILES string of the molecule is C1CCNC1.O=C(O)C=CC(=O)O. The van der Waals surface area contributed by atoms with E-state index in [1.165, 1.54) is 25.9 Å². The number of carboxylic acids is 2. The Labute approximate surface area is 76.1 Å². The molecule has 0 bridgehead atoms. The van der Waals surface area contributed by atoms with Crippen LogP contribution in [-0.2, 0) is 9.59 Å². The van der Waals surface area contributed by atoms with Crippen LogP contribution in [0, 0.1) is 0 Å². The van der Waals surface area contributed by atoms with Crippen LogP contribution in [-0.4, -0.2) is 35.2 Å². The van der Waals surface area contributed by atoms with Gasteiger partial charge in [-0.1, -0.05) is 0 Å². The van der Waals surface area contributed by atoms with Crippen molar-refractivity contribution in [3.63, 3.8) is 0 Å². The van der Waals surface area contributed by atoms with E-state index in [0.29, 0.717) is 12.2 Å². The molecule has 0 saturated carbocycles. The van der Waals surface area contributed by atoms with Crippen LogP contribution in [0.5, 0.6) is 0 Å². The molecular formula is C8H13NO4. The molecule has 1 saturated heterocycles. The quantitative estimate of drug-likeness (QED) is 0.533. The lowest BCUT2D eigenvalue weighted by atomic mass is 10.4. The van der Waals surface area contributed by atoms with Crippen molar-refractivity contribution in [2.75, 3.05) is 13.1 Å². The molecule has 3 N–H and O–H groups in total. The Morgan fingerprint density at radius 2 is 1.38 bits per heavy atom. The molecule has 13 heavy (non-hydrogen) atoms. The molecule has 0 aromatic carbocycles. The number of hydrogen-bond donors (Lipinski definition) is 3. The minimum absolute atomic E-state index is 0.558. The summed E-state index contributed by atoms with van der Waals surface area (Å²) in [5.74, 6) is -2.51. The van der Waals surface area contributed by atoms with Crippen LogP contribution >= 0.6 is 0 Å². The predicted molar refractivity (Wildman–Crippen MR) is 46.5 cm³/mol. The van der Waals surface area contributed by atoms with E-state index < -0.39 is 11.9 Å². The summed E-state index contributed by atoms with van der Waals surface area (Å²) < 4.78 is 0. The zero-order chi connectivity index (χ0) is 10.1. The smallest absolute Gasteiger partial charge is 0.328 e. The van der Waals surface area contributed by atoms with Crippen LogP contribution in [0.1, 0.15) is 12.8 Å². The Hall–Kier alpha value is -1.36. The number of nitrogens with one attached hydrogen (secondary N) is 1. The summed E-state index contributed by atoms with van der Waals surface area (Å²) in [7, 11) is 0. The van der Waals surface area contributed by atoms with Crippen molar-refractivity contribution in [1.82, 2.24) is 5.32 Å². The van der Waals surface area contributed by atoms with Crippen molar-refractivity contribution in [1.29, 1.82) is 0 Å². The molecule has 0 aliphatic carbocycles. The minimum atomic E-state index is -1.26. The zero-order valence-corrected chi connectivity index (χ0v) is 7.19. The summed E-state index contributed by atoms with van der Waals surface area (Å²) in [6.45, 7) is 2.50. The van der Waals surface area contributed by atoms with Crippen molar-refractivity contribution in [2.45, 2.75) is 12.8 Å². The Morgan fingerprint density at radius 1 is 1.00 bits per heavy atom. The maximum Gasteiger partial charge on any atom is 0.328 e. The number of aliphatic carboxylic acids is 2. The molecule has 5 nitrogen and oxygen atoms in total. The second-order valence-corrected chi connectivity index (χ2v) is 2.47.